The third-order valence-corrected chi connectivity index (χ3v) is 5.08. The van der Waals surface area contributed by atoms with Crippen molar-refractivity contribution in [3.05, 3.63) is 48.0 Å². The van der Waals surface area contributed by atoms with Gasteiger partial charge in [0.25, 0.3) is 0 Å². The Hall–Kier alpha value is -2.80. The van der Waals surface area contributed by atoms with Crippen molar-refractivity contribution in [1.82, 2.24) is 10.3 Å². The summed E-state index contributed by atoms with van der Waals surface area (Å²) < 4.78 is 11.5. The zero-order chi connectivity index (χ0) is 18.5. The number of ether oxygens (including phenoxy) is 2. The molecule has 1 aromatic heterocycles. The number of hydrogen-bond donors (Lipinski definition) is 1. The minimum absolute atomic E-state index is 0.0606. The minimum atomic E-state index is -0.0606. The van der Waals surface area contributed by atoms with Crippen LogP contribution >= 0.6 is 11.3 Å². The SMILES string of the molecule is COc1ccc(CNC(=O)CN(C)c2nc3c(OC)cccc3s2)cc1. The van der Waals surface area contributed by atoms with E-state index < -0.39 is 0 Å². The van der Waals surface area contributed by atoms with E-state index in [-0.39, 0.29) is 12.5 Å². The molecule has 0 aliphatic rings. The van der Waals surface area contributed by atoms with Gasteiger partial charge in [0.05, 0.1) is 25.5 Å². The third kappa shape index (κ3) is 4.05. The van der Waals surface area contributed by atoms with E-state index in [1.54, 1.807) is 14.2 Å². The molecule has 7 heteroatoms. The Morgan fingerprint density at radius 3 is 2.62 bits per heavy atom. The van der Waals surface area contributed by atoms with Gasteiger partial charge in [0.1, 0.15) is 17.0 Å². The molecule has 6 nitrogen and oxygen atoms in total. The molecule has 0 atom stereocenters. The number of likely N-dealkylation sites (N-methyl/N-ethyl adjacent to an activating group) is 1. The number of thiazole rings is 1. The van der Waals surface area contributed by atoms with Crippen LogP contribution in [-0.2, 0) is 11.3 Å². The molecule has 2 aromatic carbocycles. The molecule has 0 saturated carbocycles. The van der Waals surface area contributed by atoms with Gasteiger partial charge in [0, 0.05) is 13.6 Å². The van der Waals surface area contributed by atoms with Crippen LogP contribution in [0.5, 0.6) is 11.5 Å². The Labute approximate surface area is 156 Å². The summed E-state index contributed by atoms with van der Waals surface area (Å²) in [5.41, 5.74) is 1.84. The number of anilines is 1. The largest absolute Gasteiger partial charge is 0.497 e. The molecule has 1 amide bonds. The standard InChI is InChI=1S/C19H21N3O3S/c1-22(19-21-18-15(25-3)5-4-6-16(18)26-19)12-17(23)20-11-13-7-9-14(24-2)10-8-13/h4-10H,11-12H2,1-3H3,(H,20,23). The number of methoxy groups -OCH3 is 2. The smallest absolute Gasteiger partial charge is 0.239 e. The van der Waals surface area contributed by atoms with E-state index in [4.69, 9.17) is 9.47 Å². The normalized spacial score (nSPS) is 10.6. The van der Waals surface area contributed by atoms with Gasteiger partial charge >= 0.3 is 0 Å². The number of carbonyl (C=O) groups excluding carboxylic acids is 1. The Morgan fingerprint density at radius 2 is 1.92 bits per heavy atom. The molecule has 0 fully saturated rings. The summed E-state index contributed by atoms with van der Waals surface area (Å²) in [6.45, 7) is 0.711. The van der Waals surface area contributed by atoms with Gasteiger partial charge in [-0.1, -0.05) is 29.5 Å². The van der Waals surface area contributed by atoms with Gasteiger partial charge in [-0.2, -0.15) is 0 Å². The van der Waals surface area contributed by atoms with Crippen molar-refractivity contribution in [2.45, 2.75) is 6.54 Å². The molecule has 26 heavy (non-hydrogen) atoms. The van der Waals surface area contributed by atoms with Gasteiger partial charge < -0.3 is 19.7 Å². The number of amides is 1. The molecule has 136 valence electrons. The number of para-hydroxylation sites is 1. The highest BCUT2D eigenvalue weighted by atomic mass is 32.1. The van der Waals surface area contributed by atoms with Crippen LogP contribution in [0, 0.1) is 0 Å². The highest BCUT2D eigenvalue weighted by Crippen LogP contribution is 2.33. The van der Waals surface area contributed by atoms with Crippen molar-refractivity contribution in [1.29, 1.82) is 0 Å². The average Bonchev–Trinajstić information content (AvgIpc) is 3.11. The molecule has 1 N–H and O–H groups in total. The predicted octanol–water partition coefficient (Wildman–Crippen LogP) is 3.07. The number of nitrogens with zero attached hydrogens (tertiary/aromatic N) is 2. The number of fused-ring (bicyclic) bond motifs is 1. The first-order chi connectivity index (χ1) is 12.6. The van der Waals surface area contributed by atoms with Crippen molar-refractivity contribution >= 4 is 32.6 Å². The molecule has 0 bridgehead atoms. The summed E-state index contributed by atoms with van der Waals surface area (Å²) in [5, 5.41) is 3.71. The van der Waals surface area contributed by atoms with E-state index >= 15 is 0 Å². The summed E-state index contributed by atoms with van der Waals surface area (Å²) in [6, 6.07) is 13.4. The van der Waals surface area contributed by atoms with Gasteiger partial charge in [-0.25, -0.2) is 4.98 Å². The number of nitrogens with one attached hydrogen (secondary N) is 1. The van der Waals surface area contributed by atoms with Gasteiger partial charge in [-0.15, -0.1) is 0 Å². The Kier molecular flexibility index (Phi) is 5.58. The summed E-state index contributed by atoms with van der Waals surface area (Å²) in [7, 11) is 5.12. The van der Waals surface area contributed by atoms with Crippen molar-refractivity contribution < 1.29 is 14.3 Å². The van der Waals surface area contributed by atoms with E-state index in [1.165, 1.54) is 11.3 Å². The molecule has 0 spiro atoms. The van der Waals surface area contributed by atoms with E-state index in [1.807, 2.05) is 54.4 Å². The lowest BCUT2D eigenvalue weighted by molar-refractivity contribution is -0.119. The first-order valence-electron chi connectivity index (χ1n) is 8.15. The summed E-state index contributed by atoms with van der Waals surface area (Å²) in [6.07, 6.45) is 0. The van der Waals surface area contributed by atoms with Crippen molar-refractivity contribution in [3.8, 4) is 11.5 Å². The molecule has 1 heterocycles. The number of benzene rings is 2. The molecule has 0 aliphatic heterocycles. The third-order valence-electron chi connectivity index (χ3n) is 3.95. The second-order valence-electron chi connectivity index (χ2n) is 5.78. The van der Waals surface area contributed by atoms with E-state index in [9.17, 15) is 4.79 Å². The highest BCUT2D eigenvalue weighted by molar-refractivity contribution is 7.22. The Balaban J connectivity index is 1.60. The van der Waals surface area contributed by atoms with Crippen LogP contribution in [0.15, 0.2) is 42.5 Å². The molecule has 0 aliphatic carbocycles. The molecule has 3 rings (SSSR count). The second-order valence-corrected chi connectivity index (χ2v) is 6.79. The maximum Gasteiger partial charge on any atom is 0.239 e. The van der Waals surface area contributed by atoms with E-state index in [0.717, 1.165) is 32.4 Å². The van der Waals surface area contributed by atoms with Gasteiger partial charge in [0.2, 0.25) is 5.91 Å². The van der Waals surface area contributed by atoms with E-state index in [2.05, 4.69) is 10.3 Å². The summed E-state index contributed by atoms with van der Waals surface area (Å²) >= 11 is 1.54. The van der Waals surface area contributed by atoms with Crippen LogP contribution < -0.4 is 19.7 Å². The Morgan fingerprint density at radius 1 is 1.15 bits per heavy atom. The number of aromatic nitrogens is 1. The van der Waals surface area contributed by atoms with Crippen molar-refractivity contribution in [2.24, 2.45) is 0 Å². The fourth-order valence-corrected chi connectivity index (χ4v) is 3.47. The van der Waals surface area contributed by atoms with Gasteiger partial charge in [-0.3, -0.25) is 4.79 Å². The highest BCUT2D eigenvalue weighted by Gasteiger charge is 2.14. The quantitative estimate of drug-likeness (QED) is 0.692. The molecular formula is C19H21N3O3S. The molecule has 0 unspecified atom stereocenters. The topological polar surface area (TPSA) is 63.7 Å². The maximum atomic E-state index is 12.2. The number of hydrogen-bond acceptors (Lipinski definition) is 6. The lowest BCUT2D eigenvalue weighted by Gasteiger charge is -2.15. The average molecular weight is 371 g/mol. The van der Waals surface area contributed by atoms with Crippen LogP contribution in [0.2, 0.25) is 0 Å². The Bertz CT molecular complexity index is 893. The molecule has 3 aromatic rings. The van der Waals surface area contributed by atoms with Gasteiger partial charge in [0.15, 0.2) is 5.13 Å². The number of rotatable bonds is 7. The number of carbonyl (C=O) groups is 1. The van der Waals surface area contributed by atoms with Crippen molar-refractivity contribution in [2.75, 3.05) is 32.7 Å². The first-order valence-corrected chi connectivity index (χ1v) is 8.96. The monoisotopic (exact) mass is 371 g/mol. The molecule has 0 saturated heterocycles. The van der Waals surface area contributed by atoms with Crippen molar-refractivity contribution in [3.63, 3.8) is 0 Å². The minimum Gasteiger partial charge on any atom is -0.497 e. The maximum absolute atomic E-state index is 12.2. The van der Waals surface area contributed by atoms with Gasteiger partial charge in [-0.05, 0) is 29.8 Å². The summed E-state index contributed by atoms with van der Waals surface area (Å²) in [5.74, 6) is 1.47. The van der Waals surface area contributed by atoms with Crippen LogP contribution in [0.25, 0.3) is 10.2 Å². The van der Waals surface area contributed by atoms with E-state index in [0.29, 0.717) is 6.54 Å². The zero-order valence-electron chi connectivity index (χ0n) is 15.0. The van der Waals surface area contributed by atoms with Crippen LogP contribution in [0.4, 0.5) is 5.13 Å². The summed E-state index contributed by atoms with van der Waals surface area (Å²) in [4.78, 5) is 18.7. The predicted molar refractivity (Wildman–Crippen MR) is 104 cm³/mol. The van der Waals surface area contributed by atoms with Crippen LogP contribution in [0.1, 0.15) is 5.56 Å². The fourth-order valence-electron chi connectivity index (χ4n) is 2.52. The molecular weight excluding hydrogens is 350 g/mol. The first kappa shape index (κ1) is 18.0. The van der Waals surface area contributed by atoms with Crippen LogP contribution in [0.3, 0.4) is 0 Å². The zero-order valence-corrected chi connectivity index (χ0v) is 15.8. The molecule has 0 radical (unpaired) electrons. The fraction of sp³-hybridized carbons (Fsp3) is 0.263. The van der Waals surface area contributed by atoms with Crippen LogP contribution in [-0.4, -0.2) is 38.7 Å². The lowest BCUT2D eigenvalue weighted by atomic mass is 10.2. The lowest BCUT2D eigenvalue weighted by Crippen LogP contribution is -2.34. The second kappa shape index (κ2) is 8.05.